The molecule has 0 aromatic heterocycles. The van der Waals surface area contributed by atoms with Crippen molar-refractivity contribution in [3.63, 3.8) is 0 Å². The zero-order chi connectivity index (χ0) is 7.15. The zero-order valence-corrected chi connectivity index (χ0v) is 21.5. The average Bonchev–Trinajstić information content (AvgIpc) is 1.25. The molecule has 0 bridgehead atoms. The van der Waals surface area contributed by atoms with Crippen LogP contribution in [0.15, 0.2) is 0 Å². The Kier molecular flexibility index (Phi) is 119. The summed E-state index contributed by atoms with van der Waals surface area (Å²) in [5.74, 6) is 1.67. The van der Waals surface area contributed by atoms with Crippen LogP contribution in [-0.4, -0.2) is 0 Å². The standard InChI is InChI=1S/2C4H10.2CH3.3K/c2*1-4(2)3;;;;;/h2*4H,1-3H3;2*1H3;;;/q;;2*-1;3*+1. The molecule has 68 valence electrons. The first-order valence-corrected chi connectivity index (χ1v) is 3.46. The van der Waals surface area contributed by atoms with E-state index in [0.29, 0.717) is 0 Å². The van der Waals surface area contributed by atoms with Crippen molar-refractivity contribution in [2.75, 3.05) is 0 Å². The number of hydrogen-bond acceptors (Lipinski definition) is 0. The van der Waals surface area contributed by atoms with Crippen LogP contribution in [0.25, 0.3) is 0 Å². The minimum Gasteiger partial charge on any atom is -0.358 e. The van der Waals surface area contributed by atoms with E-state index in [2.05, 4.69) is 41.5 Å². The first kappa shape index (κ1) is 43.0. The first-order valence-electron chi connectivity index (χ1n) is 3.46. The molecule has 0 unspecified atom stereocenters. The van der Waals surface area contributed by atoms with Crippen LogP contribution in [0.5, 0.6) is 0 Å². The Morgan fingerprint density at radius 3 is 0.462 bits per heavy atom. The van der Waals surface area contributed by atoms with Gasteiger partial charge in [0.05, 0.1) is 0 Å². The average molecular weight is 264 g/mol. The Hall–Kier alpha value is 4.91. The number of rotatable bonds is 0. The van der Waals surface area contributed by atoms with Crippen molar-refractivity contribution in [2.45, 2.75) is 41.5 Å². The summed E-state index contributed by atoms with van der Waals surface area (Å²) in [4.78, 5) is 0. The predicted octanol–water partition coefficient (Wildman–Crippen LogP) is -4.76. The maximum absolute atomic E-state index is 2.17. The van der Waals surface area contributed by atoms with Crippen LogP contribution in [0.4, 0.5) is 0 Å². The van der Waals surface area contributed by atoms with E-state index in [-0.39, 0.29) is 169 Å². The van der Waals surface area contributed by atoms with E-state index < -0.39 is 0 Å². The SMILES string of the molecule is CC(C)C.CC(C)C.[CH3-].[CH3-].[K+].[K+].[K+]. The van der Waals surface area contributed by atoms with Crippen molar-refractivity contribution in [1.29, 1.82) is 0 Å². The third-order valence-corrected chi connectivity index (χ3v) is 0. The molecule has 0 aliphatic rings. The van der Waals surface area contributed by atoms with Gasteiger partial charge < -0.3 is 14.9 Å². The first-order chi connectivity index (χ1) is 3.46. The molecule has 0 spiro atoms. The Labute approximate surface area is 216 Å². The maximum Gasteiger partial charge on any atom is 1.00 e. The summed E-state index contributed by atoms with van der Waals surface area (Å²) in [6, 6.07) is 0. The van der Waals surface area contributed by atoms with Crippen LogP contribution in [0.2, 0.25) is 0 Å². The van der Waals surface area contributed by atoms with Crippen LogP contribution < -0.4 is 154 Å². The summed E-state index contributed by atoms with van der Waals surface area (Å²) in [7, 11) is 0. The van der Waals surface area contributed by atoms with Crippen LogP contribution in [0, 0.1) is 26.7 Å². The molecule has 0 aromatic rings. The van der Waals surface area contributed by atoms with Gasteiger partial charge in [0.1, 0.15) is 0 Å². The van der Waals surface area contributed by atoms with Crippen LogP contribution in [0.3, 0.4) is 0 Å². The summed E-state index contributed by atoms with van der Waals surface area (Å²) in [6.45, 7) is 13.0. The molecule has 0 amide bonds. The van der Waals surface area contributed by atoms with Crippen molar-refractivity contribution in [3.05, 3.63) is 14.9 Å². The second-order valence-electron chi connectivity index (χ2n) is 3.46. The molecule has 0 aromatic carbocycles. The molecule has 13 heavy (non-hydrogen) atoms. The van der Waals surface area contributed by atoms with E-state index in [4.69, 9.17) is 0 Å². The topological polar surface area (TPSA) is 0 Å². The van der Waals surface area contributed by atoms with Crippen molar-refractivity contribution in [2.24, 2.45) is 11.8 Å². The Morgan fingerprint density at radius 2 is 0.462 bits per heavy atom. The molecule has 0 heterocycles. The van der Waals surface area contributed by atoms with Gasteiger partial charge in [0, 0.05) is 0 Å². The van der Waals surface area contributed by atoms with Crippen LogP contribution in [-0.2, 0) is 0 Å². The fourth-order valence-electron chi connectivity index (χ4n) is 0. The minimum absolute atomic E-state index is 0. The third kappa shape index (κ3) is 156. The van der Waals surface area contributed by atoms with Crippen LogP contribution in [0.1, 0.15) is 41.5 Å². The van der Waals surface area contributed by atoms with Gasteiger partial charge in [-0.1, -0.05) is 41.5 Å². The maximum atomic E-state index is 2.17. The molecule has 0 fully saturated rings. The van der Waals surface area contributed by atoms with Crippen LogP contribution >= 0.6 is 0 Å². The fraction of sp³-hybridized carbons (Fsp3) is 0.800. The van der Waals surface area contributed by atoms with E-state index in [1.54, 1.807) is 0 Å². The third-order valence-electron chi connectivity index (χ3n) is 0. The fourth-order valence-corrected chi connectivity index (χ4v) is 0. The van der Waals surface area contributed by atoms with Gasteiger partial charge in [-0.2, -0.15) is 0 Å². The van der Waals surface area contributed by atoms with E-state index in [1.807, 2.05) is 0 Å². The van der Waals surface area contributed by atoms with E-state index >= 15 is 0 Å². The van der Waals surface area contributed by atoms with Crippen molar-refractivity contribution in [1.82, 2.24) is 0 Å². The second-order valence-corrected chi connectivity index (χ2v) is 3.46. The summed E-state index contributed by atoms with van der Waals surface area (Å²) in [5.41, 5.74) is 0. The largest absolute Gasteiger partial charge is 1.00 e. The Balaban J connectivity index is -0.00000000800. The smallest absolute Gasteiger partial charge is 0.358 e. The van der Waals surface area contributed by atoms with Gasteiger partial charge in [0.2, 0.25) is 0 Å². The Bertz CT molecular complexity index is 25.6. The molecular weight excluding hydrogens is 237 g/mol. The molecule has 0 saturated heterocycles. The predicted molar refractivity (Wildman–Crippen MR) is 53.9 cm³/mol. The summed E-state index contributed by atoms with van der Waals surface area (Å²) in [6.07, 6.45) is 0. The van der Waals surface area contributed by atoms with Gasteiger partial charge in [-0.05, 0) is 11.8 Å². The van der Waals surface area contributed by atoms with Gasteiger partial charge in [-0.15, -0.1) is 0 Å². The zero-order valence-electron chi connectivity index (χ0n) is 12.2. The molecule has 3 heteroatoms. The minimum atomic E-state index is 0. The molecule has 0 saturated carbocycles. The molecule has 0 nitrogen and oxygen atoms in total. The molecule has 0 radical (unpaired) electrons. The van der Waals surface area contributed by atoms with Gasteiger partial charge >= 0.3 is 154 Å². The van der Waals surface area contributed by atoms with Gasteiger partial charge in [0.15, 0.2) is 0 Å². The molecule has 0 atom stereocenters. The van der Waals surface area contributed by atoms with Gasteiger partial charge in [0.25, 0.3) is 0 Å². The van der Waals surface area contributed by atoms with Crippen molar-refractivity contribution < 1.29 is 154 Å². The molecule has 0 aliphatic carbocycles. The van der Waals surface area contributed by atoms with Crippen molar-refractivity contribution >= 4 is 0 Å². The molecule has 0 aliphatic heterocycles. The van der Waals surface area contributed by atoms with Gasteiger partial charge in [-0.25, -0.2) is 0 Å². The summed E-state index contributed by atoms with van der Waals surface area (Å²) < 4.78 is 0. The molecule has 0 N–H and O–H groups in total. The number of hydrogen-bond donors (Lipinski definition) is 0. The second kappa shape index (κ2) is 36.0. The monoisotopic (exact) mass is 263 g/mol. The van der Waals surface area contributed by atoms with Gasteiger partial charge in [-0.3, -0.25) is 0 Å². The molecular formula is C10H26K3+. The quantitative estimate of drug-likeness (QED) is 0.304. The van der Waals surface area contributed by atoms with E-state index in [9.17, 15) is 0 Å². The van der Waals surface area contributed by atoms with Crippen molar-refractivity contribution in [3.8, 4) is 0 Å². The summed E-state index contributed by atoms with van der Waals surface area (Å²) in [5, 5.41) is 0. The normalized spacial score (nSPS) is 5.54. The Morgan fingerprint density at radius 1 is 0.462 bits per heavy atom. The van der Waals surface area contributed by atoms with E-state index in [0.717, 1.165) is 11.8 Å². The molecule has 0 rings (SSSR count). The summed E-state index contributed by atoms with van der Waals surface area (Å²) >= 11 is 0. The van der Waals surface area contributed by atoms with E-state index in [1.165, 1.54) is 0 Å².